The molecule has 0 aliphatic carbocycles. The highest BCUT2D eigenvalue weighted by Gasteiger charge is 2.20. The number of aromatic nitrogens is 4. The van der Waals surface area contributed by atoms with Gasteiger partial charge in [0, 0.05) is 29.6 Å². The number of fused-ring (bicyclic) bond motifs is 3. The van der Waals surface area contributed by atoms with E-state index in [2.05, 4.69) is 43.8 Å². The largest absolute Gasteiger partial charge is 0.367 e. The summed E-state index contributed by atoms with van der Waals surface area (Å²) in [6, 6.07) is 2.35. The summed E-state index contributed by atoms with van der Waals surface area (Å²) < 4.78 is 0. The van der Waals surface area contributed by atoms with Crippen molar-refractivity contribution in [2.45, 2.75) is 39.3 Å². The van der Waals surface area contributed by atoms with E-state index in [1.165, 1.54) is 15.8 Å². The van der Waals surface area contributed by atoms with Crippen LogP contribution in [-0.2, 0) is 19.4 Å². The maximum Gasteiger partial charge on any atom is 0.138 e. The molecule has 4 heterocycles. The molecule has 0 fully saturated rings. The number of nitrogens with zero attached hydrogens (tertiary/aromatic N) is 3. The third kappa shape index (κ3) is 2.82. The van der Waals surface area contributed by atoms with Crippen LogP contribution in [0.15, 0.2) is 12.4 Å². The van der Waals surface area contributed by atoms with Crippen molar-refractivity contribution in [2.24, 2.45) is 0 Å². The number of rotatable bonds is 4. The number of aromatic amines is 1. The number of H-pyrrole nitrogens is 1. The molecule has 0 radical (unpaired) electrons. The van der Waals surface area contributed by atoms with Crippen molar-refractivity contribution < 1.29 is 0 Å². The van der Waals surface area contributed by atoms with E-state index >= 15 is 0 Å². The molecule has 0 amide bonds. The minimum Gasteiger partial charge on any atom is -0.367 e. The summed E-state index contributed by atoms with van der Waals surface area (Å²) in [5.41, 5.74) is 3.58. The molecular weight excluding hydrogens is 308 g/mol. The Kier molecular flexibility index (Phi) is 3.74. The first-order valence-electron chi connectivity index (χ1n) is 7.94. The Bertz CT molecular complexity index is 836. The number of nitrogens with one attached hydrogen (secondary N) is 3. The summed E-state index contributed by atoms with van der Waals surface area (Å²) in [4.78, 5) is 11.4. The zero-order valence-corrected chi connectivity index (χ0v) is 14.1. The zero-order valence-electron chi connectivity index (χ0n) is 13.3. The van der Waals surface area contributed by atoms with E-state index in [1.54, 1.807) is 17.7 Å². The molecule has 6 nitrogen and oxygen atoms in total. The van der Waals surface area contributed by atoms with Gasteiger partial charge in [0.05, 0.1) is 11.1 Å². The molecule has 3 N–H and O–H groups in total. The van der Waals surface area contributed by atoms with Crippen LogP contribution in [0.4, 0.5) is 5.82 Å². The number of aryl methyl sites for hydroxylation is 1. The summed E-state index contributed by atoms with van der Waals surface area (Å²) in [7, 11) is 0. The number of hydrogen-bond donors (Lipinski definition) is 3. The molecule has 0 saturated heterocycles. The summed E-state index contributed by atoms with van der Waals surface area (Å²) in [6.45, 7) is 6.15. The van der Waals surface area contributed by atoms with Crippen LogP contribution >= 0.6 is 11.3 Å². The van der Waals surface area contributed by atoms with Crippen LogP contribution in [0.2, 0.25) is 0 Å². The average Bonchev–Trinajstić information content (AvgIpc) is 3.11. The predicted octanol–water partition coefficient (Wildman–Crippen LogP) is 2.41. The van der Waals surface area contributed by atoms with Crippen molar-refractivity contribution in [1.29, 1.82) is 0 Å². The monoisotopic (exact) mass is 328 g/mol. The van der Waals surface area contributed by atoms with Gasteiger partial charge in [0.1, 0.15) is 17.0 Å². The molecule has 0 unspecified atom stereocenters. The fourth-order valence-electron chi connectivity index (χ4n) is 3.15. The van der Waals surface area contributed by atoms with Gasteiger partial charge in [0.25, 0.3) is 0 Å². The summed E-state index contributed by atoms with van der Waals surface area (Å²) >= 11 is 1.78. The normalized spacial score (nSPS) is 15.6. The van der Waals surface area contributed by atoms with Gasteiger partial charge >= 0.3 is 0 Å². The topological polar surface area (TPSA) is 78.5 Å². The average molecular weight is 328 g/mol. The van der Waals surface area contributed by atoms with E-state index in [1.807, 2.05) is 6.92 Å². The highest BCUT2D eigenvalue weighted by Crippen LogP contribution is 2.35. The first-order valence-corrected chi connectivity index (χ1v) is 8.75. The lowest BCUT2D eigenvalue weighted by Crippen LogP contribution is -2.23. The van der Waals surface area contributed by atoms with Crippen molar-refractivity contribution in [3.8, 4) is 0 Å². The lowest BCUT2D eigenvalue weighted by Gasteiger charge is -2.16. The van der Waals surface area contributed by atoms with Gasteiger partial charge in [0.2, 0.25) is 0 Å². The van der Waals surface area contributed by atoms with Gasteiger partial charge in [0.15, 0.2) is 0 Å². The number of anilines is 1. The first kappa shape index (κ1) is 14.6. The Morgan fingerprint density at radius 1 is 1.39 bits per heavy atom. The number of hydrogen-bond acceptors (Lipinski definition) is 6. The highest BCUT2D eigenvalue weighted by atomic mass is 32.1. The first-order chi connectivity index (χ1) is 11.2. The van der Waals surface area contributed by atoms with Crippen molar-refractivity contribution in [3.63, 3.8) is 0 Å². The van der Waals surface area contributed by atoms with Crippen molar-refractivity contribution >= 4 is 27.4 Å². The molecule has 1 aliphatic rings. The molecule has 23 heavy (non-hydrogen) atoms. The van der Waals surface area contributed by atoms with E-state index in [0.717, 1.165) is 48.0 Å². The second kappa shape index (κ2) is 5.90. The summed E-state index contributed by atoms with van der Waals surface area (Å²) in [6.07, 6.45) is 3.57. The van der Waals surface area contributed by atoms with Gasteiger partial charge < -0.3 is 10.6 Å². The van der Waals surface area contributed by atoms with E-state index < -0.39 is 0 Å². The molecule has 4 rings (SSSR count). The molecule has 0 saturated carbocycles. The van der Waals surface area contributed by atoms with Crippen molar-refractivity contribution in [2.75, 3.05) is 11.9 Å². The molecule has 0 spiro atoms. The van der Waals surface area contributed by atoms with Gasteiger partial charge in [-0.1, -0.05) is 0 Å². The smallest absolute Gasteiger partial charge is 0.138 e. The number of thiophene rings is 1. The van der Waals surface area contributed by atoms with Crippen LogP contribution in [0.25, 0.3) is 10.2 Å². The quantitative estimate of drug-likeness (QED) is 0.685. The van der Waals surface area contributed by atoms with E-state index in [4.69, 9.17) is 0 Å². The Balaban J connectivity index is 1.62. The van der Waals surface area contributed by atoms with Gasteiger partial charge in [-0.3, -0.25) is 5.10 Å². The third-order valence-electron chi connectivity index (χ3n) is 4.17. The minimum atomic E-state index is 0.257. The van der Waals surface area contributed by atoms with Gasteiger partial charge in [-0.05, 0) is 38.4 Å². The van der Waals surface area contributed by atoms with Crippen LogP contribution in [-0.4, -0.2) is 32.8 Å². The minimum absolute atomic E-state index is 0.257. The molecule has 0 aromatic carbocycles. The second-order valence-corrected chi connectivity index (χ2v) is 7.21. The second-order valence-electron chi connectivity index (χ2n) is 6.12. The lowest BCUT2D eigenvalue weighted by molar-refractivity contribution is 0.657. The summed E-state index contributed by atoms with van der Waals surface area (Å²) in [5.74, 6) is 0.953. The third-order valence-corrected chi connectivity index (χ3v) is 5.31. The van der Waals surface area contributed by atoms with Crippen LogP contribution in [0.3, 0.4) is 0 Å². The standard InChI is InChI=1S/C16H20N6S/c1-9(5-11-6-10(2)21-22-11)20-15-14-12-3-4-17-7-13(12)23-16(14)19-8-18-15/h6,8-9,17H,3-5,7H2,1-2H3,(H,21,22)(H,18,19,20)/t9-/m1/s1. The van der Waals surface area contributed by atoms with Crippen LogP contribution in [0.1, 0.15) is 28.8 Å². The SMILES string of the molecule is Cc1cc(C[C@@H](C)Nc2ncnc3sc4c(c23)CCNC4)n[nH]1. The lowest BCUT2D eigenvalue weighted by atomic mass is 10.1. The summed E-state index contributed by atoms with van der Waals surface area (Å²) in [5, 5.41) is 15.5. The molecule has 120 valence electrons. The predicted molar refractivity (Wildman–Crippen MR) is 92.9 cm³/mol. The van der Waals surface area contributed by atoms with Crippen LogP contribution in [0, 0.1) is 6.92 Å². The fourth-order valence-corrected chi connectivity index (χ4v) is 4.30. The fraction of sp³-hybridized carbons (Fsp3) is 0.438. The van der Waals surface area contributed by atoms with Crippen molar-refractivity contribution in [3.05, 3.63) is 34.2 Å². The molecule has 3 aromatic heterocycles. The molecule has 1 atom stereocenters. The Labute approximate surface area is 138 Å². The molecule has 3 aromatic rings. The van der Waals surface area contributed by atoms with Gasteiger partial charge in [-0.2, -0.15) is 5.10 Å². The molecule has 1 aliphatic heterocycles. The Hall–Kier alpha value is -1.99. The van der Waals surface area contributed by atoms with Gasteiger partial charge in [-0.25, -0.2) is 9.97 Å². The molecule has 7 heteroatoms. The Morgan fingerprint density at radius 2 is 2.30 bits per heavy atom. The highest BCUT2D eigenvalue weighted by molar-refractivity contribution is 7.18. The zero-order chi connectivity index (χ0) is 15.8. The molecule has 0 bridgehead atoms. The van der Waals surface area contributed by atoms with Gasteiger partial charge in [-0.15, -0.1) is 11.3 Å². The van der Waals surface area contributed by atoms with E-state index in [0.29, 0.717) is 0 Å². The maximum absolute atomic E-state index is 4.51. The van der Waals surface area contributed by atoms with Crippen LogP contribution < -0.4 is 10.6 Å². The maximum atomic E-state index is 4.51. The van der Waals surface area contributed by atoms with E-state index in [9.17, 15) is 0 Å². The Morgan fingerprint density at radius 3 is 3.13 bits per heavy atom. The van der Waals surface area contributed by atoms with Crippen molar-refractivity contribution in [1.82, 2.24) is 25.5 Å². The van der Waals surface area contributed by atoms with Crippen LogP contribution in [0.5, 0.6) is 0 Å². The molecular formula is C16H20N6S. The van der Waals surface area contributed by atoms with E-state index in [-0.39, 0.29) is 6.04 Å².